The van der Waals surface area contributed by atoms with Crippen LogP contribution in [-0.4, -0.2) is 28.3 Å². The first-order chi connectivity index (χ1) is 10.6. The Hall–Kier alpha value is -1.91. The van der Waals surface area contributed by atoms with Gasteiger partial charge in [-0.2, -0.15) is 0 Å². The van der Waals surface area contributed by atoms with Crippen molar-refractivity contribution in [2.45, 2.75) is 58.9 Å². The molecule has 0 N–H and O–H groups in total. The van der Waals surface area contributed by atoms with Gasteiger partial charge in [-0.25, -0.2) is 0 Å². The second-order valence-electron chi connectivity index (χ2n) is 7.82. The summed E-state index contributed by atoms with van der Waals surface area (Å²) in [6.45, 7) is 10.7. The normalized spacial score (nSPS) is 14.9. The highest BCUT2D eigenvalue weighted by atomic mass is 16.6. The van der Waals surface area contributed by atoms with Gasteiger partial charge < -0.3 is 4.90 Å². The van der Waals surface area contributed by atoms with Gasteiger partial charge in [-0.3, -0.25) is 14.9 Å². The predicted octanol–water partition coefficient (Wildman–Crippen LogP) is 4.15. The van der Waals surface area contributed by atoms with Gasteiger partial charge in [0.2, 0.25) is 0 Å². The molecule has 0 spiro atoms. The van der Waals surface area contributed by atoms with E-state index in [4.69, 9.17) is 0 Å². The third-order valence-corrected chi connectivity index (χ3v) is 4.06. The van der Waals surface area contributed by atoms with Gasteiger partial charge in [0, 0.05) is 29.8 Å². The number of hydrogen-bond acceptors (Lipinski definition) is 3. The number of carbonyl (C=O) groups is 1. The first-order valence-corrected chi connectivity index (χ1v) is 8.21. The predicted molar refractivity (Wildman–Crippen MR) is 90.7 cm³/mol. The zero-order valence-electron chi connectivity index (χ0n) is 14.6. The number of benzene rings is 1. The maximum Gasteiger partial charge on any atom is 0.273 e. The Balaban J connectivity index is 2.37. The van der Waals surface area contributed by atoms with Crippen LogP contribution in [0.25, 0.3) is 0 Å². The van der Waals surface area contributed by atoms with Crippen LogP contribution in [0.4, 0.5) is 5.69 Å². The zero-order chi connectivity index (χ0) is 17.4. The minimum atomic E-state index is -0.388. The Bertz CT molecular complexity index is 613. The smallest absolute Gasteiger partial charge is 0.273 e. The summed E-state index contributed by atoms with van der Waals surface area (Å²) < 4.78 is 0. The van der Waals surface area contributed by atoms with Gasteiger partial charge in [-0.05, 0) is 30.2 Å². The number of hydrogen-bond donors (Lipinski definition) is 0. The molecule has 1 fully saturated rings. The van der Waals surface area contributed by atoms with Crippen molar-refractivity contribution in [1.29, 1.82) is 0 Å². The van der Waals surface area contributed by atoms with Crippen molar-refractivity contribution in [3.63, 3.8) is 0 Å². The molecule has 5 nitrogen and oxygen atoms in total. The summed E-state index contributed by atoms with van der Waals surface area (Å²) in [5.74, 6) is 0.285. The van der Waals surface area contributed by atoms with Gasteiger partial charge in [0.05, 0.1) is 4.92 Å². The van der Waals surface area contributed by atoms with Crippen LogP contribution in [0.3, 0.4) is 0 Å². The van der Waals surface area contributed by atoms with Crippen LogP contribution in [-0.2, 0) is 5.41 Å². The molecule has 1 aromatic rings. The first-order valence-electron chi connectivity index (χ1n) is 8.21. The molecule has 2 rings (SSSR count). The van der Waals surface area contributed by atoms with Gasteiger partial charge in [0.15, 0.2) is 0 Å². The molecular formula is C18H26N2O3. The van der Waals surface area contributed by atoms with Crippen molar-refractivity contribution in [2.24, 2.45) is 5.92 Å². The largest absolute Gasteiger partial charge is 0.335 e. The number of nitro benzene ring substituents is 1. The van der Waals surface area contributed by atoms with E-state index in [1.54, 1.807) is 12.1 Å². The summed E-state index contributed by atoms with van der Waals surface area (Å²) >= 11 is 0. The lowest BCUT2D eigenvalue weighted by atomic mass is 9.85. The summed E-state index contributed by atoms with van der Waals surface area (Å²) in [7, 11) is 0. The number of nitrogens with zero attached hydrogens (tertiary/aromatic N) is 2. The van der Waals surface area contributed by atoms with Crippen LogP contribution in [0.1, 0.15) is 63.4 Å². The van der Waals surface area contributed by atoms with Crippen molar-refractivity contribution in [3.8, 4) is 0 Å². The zero-order valence-corrected chi connectivity index (χ0v) is 14.6. The summed E-state index contributed by atoms with van der Waals surface area (Å²) in [6.07, 6.45) is 2.06. The van der Waals surface area contributed by atoms with E-state index in [1.165, 1.54) is 6.07 Å². The van der Waals surface area contributed by atoms with Crippen molar-refractivity contribution < 1.29 is 9.72 Å². The maximum atomic E-state index is 12.8. The molecule has 0 radical (unpaired) electrons. The van der Waals surface area contributed by atoms with Gasteiger partial charge in [-0.15, -0.1) is 0 Å². The van der Waals surface area contributed by atoms with Crippen LogP contribution in [0, 0.1) is 16.0 Å². The molecular weight excluding hydrogens is 292 g/mol. The lowest BCUT2D eigenvalue weighted by molar-refractivity contribution is -0.386. The summed E-state index contributed by atoms with van der Waals surface area (Å²) in [4.78, 5) is 25.7. The molecule has 0 saturated heterocycles. The molecule has 1 aliphatic rings. The molecule has 0 unspecified atom stereocenters. The average molecular weight is 318 g/mol. The SMILES string of the molecule is CC(C)CN(C(=O)c1ccc(C(C)(C)C)c([N+](=O)[O-])c1)C1CC1. The van der Waals surface area contributed by atoms with Gasteiger partial charge in [0.1, 0.15) is 0 Å². The Labute approximate surface area is 137 Å². The molecule has 1 aliphatic carbocycles. The maximum absolute atomic E-state index is 12.8. The minimum absolute atomic E-state index is 0.0312. The molecule has 0 aliphatic heterocycles. The summed E-state index contributed by atoms with van der Waals surface area (Å²) in [5, 5.41) is 11.4. The fraction of sp³-hybridized carbons (Fsp3) is 0.611. The lowest BCUT2D eigenvalue weighted by Gasteiger charge is -2.25. The van der Waals surface area contributed by atoms with E-state index < -0.39 is 0 Å². The summed E-state index contributed by atoms with van der Waals surface area (Å²) in [5.41, 5.74) is 0.764. The Kier molecular flexibility index (Phi) is 4.78. The molecule has 1 aromatic carbocycles. The van der Waals surface area contributed by atoms with E-state index in [2.05, 4.69) is 13.8 Å². The molecule has 1 saturated carbocycles. The molecule has 0 atom stereocenters. The molecule has 1 amide bonds. The van der Waals surface area contributed by atoms with Gasteiger partial charge >= 0.3 is 0 Å². The van der Waals surface area contributed by atoms with Gasteiger partial charge in [-0.1, -0.05) is 40.7 Å². The van der Waals surface area contributed by atoms with Crippen molar-refractivity contribution in [2.75, 3.05) is 6.54 Å². The fourth-order valence-corrected chi connectivity index (χ4v) is 2.79. The molecule has 0 bridgehead atoms. The van der Waals surface area contributed by atoms with E-state index in [0.717, 1.165) is 12.8 Å². The third kappa shape index (κ3) is 4.09. The highest BCUT2D eigenvalue weighted by Gasteiger charge is 2.34. The topological polar surface area (TPSA) is 63.5 Å². The Morgan fingerprint density at radius 1 is 1.35 bits per heavy atom. The van der Waals surface area contributed by atoms with E-state index in [-0.39, 0.29) is 21.9 Å². The number of carbonyl (C=O) groups excluding carboxylic acids is 1. The number of amides is 1. The highest BCUT2D eigenvalue weighted by Crippen LogP contribution is 2.34. The summed E-state index contributed by atoms with van der Waals surface area (Å²) in [6, 6.07) is 5.20. The first kappa shape index (κ1) is 17.4. The van der Waals surface area contributed by atoms with Crippen LogP contribution >= 0.6 is 0 Å². The molecule has 0 aromatic heterocycles. The number of nitro groups is 1. The van der Waals surface area contributed by atoms with E-state index in [1.807, 2.05) is 25.7 Å². The van der Waals surface area contributed by atoms with E-state index in [0.29, 0.717) is 29.6 Å². The minimum Gasteiger partial charge on any atom is -0.335 e. The molecule has 23 heavy (non-hydrogen) atoms. The Morgan fingerprint density at radius 2 is 1.96 bits per heavy atom. The van der Waals surface area contributed by atoms with E-state index in [9.17, 15) is 14.9 Å². The highest BCUT2D eigenvalue weighted by molar-refractivity contribution is 5.95. The van der Waals surface area contributed by atoms with Crippen molar-refractivity contribution in [3.05, 3.63) is 39.4 Å². The third-order valence-electron chi connectivity index (χ3n) is 4.06. The number of rotatable bonds is 5. The van der Waals surface area contributed by atoms with E-state index >= 15 is 0 Å². The fourth-order valence-electron chi connectivity index (χ4n) is 2.79. The quantitative estimate of drug-likeness (QED) is 0.605. The van der Waals surface area contributed by atoms with Crippen LogP contribution in [0.5, 0.6) is 0 Å². The van der Waals surface area contributed by atoms with Crippen LogP contribution in [0.15, 0.2) is 18.2 Å². The second kappa shape index (κ2) is 6.30. The van der Waals surface area contributed by atoms with Crippen molar-refractivity contribution in [1.82, 2.24) is 4.90 Å². The molecule has 5 heteroatoms. The van der Waals surface area contributed by atoms with Crippen molar-refractivity contribution >= 4 is 11.6 Å². The Morgan fingerprint density at radius 3 is 2.39 bits per heavy atom. The molecule has 0 heterocycles. The van der Waals surface area contributed by atoms with Crippen LogP contribution in [0.2, 0.25) is 0 Å². The lowest BCUT2D eigenvalue weighted by Crippen LogP contribution is -2.36. The standard InChI is InChI=1S/C18H26N2O3/c1-12(2)11-19(14-7-8-14)17(21)13-6-9-15(18(3,4)5)16(10-13)20(22)23/h6,9-10,12,14H,7-8,11H2,1-5H3. The van der Waals surface area contributed by atoms with Crippen LogP contribution < -0.4 is 0 Å². The average Bonchev–Trinajstić information content (AvgIpc) is 3.26. The second-order valence-corrected chi connectivity index (χ2v) is 7.82. The molecule has 126 valence electrons. The monoisotopic (exact) mass is 318 g/mol. The van der Waals surface area contributed by atoms with Gasteiger partial charge in [0.25, 0.3) is 11.6 Å².